The molecule has 0 aliphatic heterocycles. The fourth-order valence-corrected chi connectivity index (χ4v) is 2.91. The molecule has 7 heteroatoms. The minimum Gasteiger partial charge on any atom is -0.467 e. The van der Waals surface area contributed by atoms with Gasteiger partial charge >= 0.3 is 0 Å². The number of amides is 1. The Bertz CT molecular complexity index is 835. The molecular formula is C15H12BrN3O2S. The average molecular weight is 378 g/mol. The number of anilines is 1. The van der Waals surface area contributed by atoms with Gasteiger partial charge in [0.15, 0.2) is 6.61 Å². The summed E-state index contributed by atoms with van der Waals surface area (Å²) in [6.07, 6.45) is 1.43. The first-order valence-corrected chi connectivity index (χ1v) is 8.18. The van der Waals surface area contributed by atoms with Crippen LogP contribution >= 0.6 is 27.3 Å². The summed E-state index contributed by atoms with van der Waals surface area (Å²) in [4.78, 5) is 21.0. The summed E-state index contributed by atoms with van der Waals surface area (Å²) in [6.45, 7) is 1.86. The fraction of sp³-hybridized carbons (Fsp3) is 0.133. The molecule has 1 N–H and O–H groups in total. The number of hydrogen-bond donors (Lipinski definition) is 1. The lowest BCUT2D eigenvalue weighted by molar-refractivity contribution is -0.118. The molecule has 22 heavy (non-hydrogen) atoms. The van der Waals surface area contributed by atoms with Gasteiger partial charge in [-0.15, -0.1) is 11.3 Å². The molecule has 2 heterocycles. The first-order chi connectivity index (χ1) is 10.6. The summed E-state index contributed by atoms with van der Waals surface area (Å²) in [6, 6.07) is 7.50. The van der Waals surface area contributed by atoms with Crippen LogP contribution in [0.1, 0.15) is 5.56 Å². The standard InChI is InChI=1S/C15H12BrN3O2S/c1-9-6-10(2-3-12(9)16)19-13(20)7-21-14-11-4-5-22-15(11)18-8-17-14/h2-6,8H,7H2,1H3,(H,19,20). The number of benzene rings is 1. The van der Waals surface area contributed by atoms with E-state index in [4.69, 9.17) is 4.74 Å². The van der Waals surface area contributed by atoms with Gasteiger partial charge in [0.1, 0.15) is 11.2 Å². The number of nitrogens with one attached hydrogen (secondary N) is 1. The molecule has 0 fully saturated rings. The monoisotopic (exact) mass is 377 g/mol. The van der Waals surface area contributed by atoms with E-state index in [0.29, 0.717) is 5.88 Å². The second-order valence-electron chi connectivity index (χ2n) is 4.62. The van der Waals surface area contributed by atoms with Crippen molar-refractivity contribution in [3.63, 3.8) is 0 Å². The molecule has 0 aliphatic carbocycles. The van der Waals surface area contributed by atoms with E-state index in [0.717, 1.165) is 25.9 Å². The zero-order chi connectivity index (χ0) is 15.5. The highest BCUT2D eigenvalue weighted by Gasteiger charge is 2.09. The van der Waals surface area contributed by atoms with Crippen LogP contribution in [0, 0.1) is 6.92 Å². The van der Waals surface area contributed by atoms with Crippen LogP contribution < -0.4 is 10.1 Å². The first-order valence-electron chi connectivity index (χ1n) is 6.50. The van der Waals surface area contributed by atoms with Gasteiger partial charge in [-0.05, 0) is 42.1 Å². The molecule has 0 saturated heterocycles. The molecule has 1 aromatic carbocycles. The Morgan fingerprint density at radius 3 is 3.05 bits per heavy atom. The van der Waals surface area contributed by atoms with Crippen LogP contribution in [0.15, 0.2) is 40.4 Å². The SMILES string of the molecule is Cc1cc(NC(=O)COc2ncnc3sccc23)ccc1Br. The molecular weight excluding hydrogens is 366 g/mol. The van der Waals surface area contributed by atoms with Gasteiger partial charge in [-0.25, -0.2) is 9.97 Å². The molecule has 0 bridgehead atoms. The lowest BCUT2D eigenvalue weighted by Gasteiger charge is -2.08. The largest absolute Gasteiger partial charge is 0.467 e. The second kappa shape index (κ2) is 6.41. The topological polar surface area (TPSA) is 64.1 Å². The van der Waals surface area contributed by atoms with Gasteiger partial charge < -0.3 is 10.1 Å². The highest BCUT2D eigenvalue weighted by atomic mass is 79.9. The number of carbonyl (C=O) groups excluding carboxylic acids is 1. The van der Waals surface area contributed by atoms with Crippen molar-refractivity contribution in [2.75, 3.05) is 11.9 Å². The van der Waals surface area contributed by atoms with Gasteiger partial charge in [0.2, 0.25) is 5.88 Å². The van der Waals surface area contributed by atoms with E-state index in [-0.39, 0.29) is 12.5 Å². The predicted molar refractivity (Wildman–Crippen MR) is 90.4 cm³/mol. The quantitative estimate of drug-likeness (QED) is 0.751. The number of rotatable bonds is 4. The number of fused-ring (bicyclic) bond motifs is 1. The lowest BCUT2D eigenvalue weighted by atomic mass is 10.2. The third-order valence-corrected chi connectivity index (χ3v) is 4.72. The molecule has 5 nitrogen and oxygen atoms in total. The maximum absolute atomic E-state index is 12.0. The number of aromatic nitrogens is 2. The Morgan fingerprint density at radius 2 is 2.23 bits per heavy atom. The fourth-order valence-electron chi connectivity index (χ4n) is 1.94. The van der Waals surface area contributed by atoms with Crippen molar-refractivity contribution < 1.29 is 9.53 Å². The summed E-state index contributed by atoms with van der Waals surface area (Å²) < 4.78 is 6.50. The summed E-state index contributed by atoms with van der Waals surface area (Å²) in [5, 5.41) is 5.53. The molecule has 0 atom stereocenters. The van der Waals surface area contributed by atoms with Crippen LogP contribution in [-0.2, 0) is 4.79 Å². The van der Waals surface area contributed by atoms with E-state index in [9.17, 15) is 4.79 Å². The smallest absolute Gasteiger partial charge is 0.262 e. The average Bonchev–Trinajstić information content (AvgIpc) is 2.98. The molecule has 0 unspecified atom stereocenters. The molecule has 1 amide bonds. The third kappa shape index (κ3) is 3.26. The number of carbonyl (C=O) groups is 1. The highest BCUT2D eigenvalue weighted by molar-refractivity contribution is 9.10. The van der Waals surface area contributed by atoms with Crippen molar-refractivity contribution in [2.45, 2.75) is 6.92 Å². The van der Waals surface area contributed by atoms with Crippen LogP contribution in [0.2, 0.25) is 0 Å². The minimum absolute atomic E-state index is 0.100. The minimum atomic E-state index is -0.233. The Morgan fingerprint density at radius 1 is 1.36 bits per heavy atom. The Labute approximate surface area is 139 Å². The molecule has 0 spiro atoms. The summed E-state index contributed by atoms with van der Waals surface area (Å²) in [7, 11) is 0. The zero-order valence-electron chi connectivity index (χ0n) is 11.7. The van der Waals surface area contributed by atoms with Crippen molar-refractivity contribution in [1.29, 1.82) is 0 Å². The maximum Gasteiger partial charge on any atom is 0.262 e. The van der Waals surface area contributed by atoms with E-state index in [1.807, 2.05) is 36.6 Å². The van der Waals surface area contributed by atoms with E-state index >= 15 is 0 Å². The summed E-state index contributed by atoms with van der Waals surface area (Å²) in [5.41, 5.74) is 1.78. The first kappa shape index (κ1) is 14.9. The maximum atomic E-state index is 12.0. The number of aryl methyl sites for hydroxylation is 1. The zero-order valence-corrected chi connectivity index (χ0v) is 14.1. The summed E-state index contributed by atoms with van der Waals surface area (Å²) in [5.74, 6) is 0.192. The van der Waals surface area contributed by atoms with E-state index in [2.05, 4.69) is 31.2 Å². The van der Waals surface area contributed by atoms with Crippen LogP contribution in [0.4, 0.5) is 5.69 Å². The number of ether oxygens (including phenoxy) is 1. The van der Waals surface area contributed by atoms with Gasteiger partial charge in [-0.1, -0.05) is 15.9 Å². The van der Waals surface area contributed by atoms with E-state index in [1.54, 1.807) is 0 Å². The molecule has 3 aromatic rings. The number of hydrogen-bond acceptors (Lipinski definition) is 5. The van der Waals surface area contributed by atoms with Gasteiger partial charge in [0, 0.05) is 10.2 Å². The van der Waals surface area contributed by atoms with Gasteiger partial charge in [0.05, 0.1) is 5.39 Å². The Hall–Kier alpha value is -1.99. The number of thiophene rings is 1. The number of nitrogens with zero attached hydrogens (tertiary/aromatic N) is 2. The Balaban J connectivity index is 1.65. The van der Waals surface area contributed by atoms with Crippen LogP contribution in [0.25, 0.3) is 10.2 Å². The van der Waals surface area contributed by atoms with Crippen molar-refractivity contribution in [3.05, 3.63) is 46.0 Å². The third-order valence-electron chi connectivity index (χ3n) is 3.01. The van der Waals surface area contributed by atoms with Crippen molar-refractivity contribution in [3.8, 4) is 5.88 Å². The molecule has 2 aromatic heterocycles. The van der Waals surface area contributed by atoms with Crippen molar-refractivity contribution in [2.24, 2.45) is 0 Å². The van der Waals surface area contributed by atoms with Gasteiger partial charge in [-0.2, -0.15) is 0 Å². The van der Waals surface area contributed by atoms with Crippen LogP contribution in [0.3, 0.4) is 0 Å². The van der Waals surface area contributed by atoms with E-state index < -0.39 is 0 Å². The van der Waals surface area contributed by atoms with Crippen molar-refractivity contribution >= 4 is 49.1 Å². The van der Waals surface area contributed by atoms with Crippen LogP contribution in [0.5, 0.6) is 5.88 Å². The summed E-state index contributed by atoms with van der Waals surface area (Å²) >= 11 is 4.93. The molecule has 3 rings (SSSR count). The predicted octanol–water partition coefficient (Wildman–Crippen LogP) is 3.78. The highest BCUT2D eigenvalue weighted by Crippen LogP contribution is 2.25. The number of halogens is 1. The lowest BCUT2D eigenvalue weighted by Crippen LogP contribution is -2.20. The van der Waals surface area contributed by atoms with Gasteiger partial charge in [0.25, 0.3) is 5.91 Å². The molecule has 112 valence electrons. The van der Waals surface area contributed by atoms with Gasteiger partial charge in [-0.3, -0.25) is 4.79 Å². The van der Waals surface area contributed by atoms with Crippen molar-refractivity contribution in [1.82, 2.24) is 9.97 Å². The second-order valence-corrected chi connectivity index (χ2v) is 6.37. The molecule has 0 aliphatic rings. The van der Waals surface area contributed by atoms with Crippen LogP contribution in [-0.4, -0.2) is 22.5 Å². The normalized spacial score (nSPS) is 10.6. The molecule has 0 radical (unpaired) electrons. The van der Waals surface area contributed by atoms with E-state index in [1.165, 1.54) is 17.7 Å². The molecule has 0 saturated carbocycles. The Kier molecular flexibility index (Phi) is 4.35.